The predicted octanol–water partition coefficient (Wildman–Crippen LogP) is 0.273. The van der Waals surface area contributed by atoms with Crippen LogP contribution in [0.15, 0.2) is 12.4 Å². The van der Waals surface area contributed by atoms with Crippen molar-refractivity contribution in [2.24, 2.45) is 7.05 Å². The van der Waals surface area contributed by atoms with Gasteiger partial charge in [-0.15, -0.1) is 0 Å². The molecule has 5 heteroatoms. The van der Waals surface area contributed by atoms with E-state index < -0.39 is 0 Å². The molecule has 0 radical (unpaired) electrons. The highest BCUT2D eigenvalue weighted by molar-refractivity contribution is 5.77. The monoisotopic (exact) mass is 234 g/mol. The van der Waals surface area contributed by atoms with Crippen LogP contribution in [0.25, 0.3) is 0 Å². The van der Waals surface area contributed by atoms with Crippen LogP contribution >= 0.6 is 0 Å². The third-order valence-electron chi connectivity index (χ3n) is 3.82. The number of nitrogens with zero attached hydrogens (tertiary/aromatic N) is 3. The molecule has 0 spiro atoms. The molecule has 2 aliphatic heterocycles. The van der Waals surface area contributed by atoms with E-state index in [0.29, 0.717) is 18.5 Å². The lowest BCUT2D eigenvalue weighted by molar-refractivity contribution is -0.124. The first-order valence-electron chi connectivity index (χ1n) is 6.23. The maximum absolute atomic E-state index is 11.3. The highest BCUT2D eigenvalue weighted by Gasteiger charge is 2.37. The fourth-order valence-electron chi connectivity index (χ4n) is 3.01. The van der Waals surface area contributed by atoms with Crippen LogP contribution in [-0.2, 0) is 18.4 Å². The second kappa shape index (κ2) is 4.14. The molecule has 1 N–H and O–H groups in total. The summed E-state index contributed by atoms with van der Waals surface area (Å²) >= 11 is 0. The number of aryl methyl sites for hydroxylation is 1. The third-order valence-corrected chi connectivity index (χ3v) is 3.82. The van der Waals surface area contributed by atoms with Gasteiger partial charge in [-0.25, -0.2) is 0 Å². The van der Waals surface area contributed by atoms with Crippen molar-refractivity contribution in [1.82, 2.24) is 20.0 Å². The van der Waals surface area contributed by atoms with Gasteiger partial charge in [-0.1, -0.05) is 0 Å². The molecule has 0 aliphatic carbocycles. The summed E-state index contributed by atoms with van der Waals surface area (Å²) in [6.45, 7) is 2.02. The Balaban J connectivity index is 1.67. The molecule has 2 aliphatic rings. The van der Waals surface area contributed by atoms with Crippen LogP contribution in [0.3, 0.4) is 0 Å². The number of likely N-dealkylation sites (tertiary alicyclic amines) is 1. The molecule has 3 heterocycles. The van der Waals surface area contributed by atoms with Crippen molar-refractivity contribution in [2.75, 3.05) is 6.54 Å². The number of amides is 1. The second-order valence-corrected chi connectivity index (χ2v) is 5.06. The number of fused-ring (bicyclic) bond motifs is 1. The topological polar surface area (TPSA) is 50.2 Å². The Morgan fingerprint density at radius 3 is 3.18 bits per heavy atom. The Kier molecular flexibility index (Phi) is 2.63. The fraction of sp³-hybridized carbons (Fsp3) is 0.667. The third kappa shape index (κ3) is 2.07. The number of hydrogen-bond acceptors (Lipinski definition) is 3. The van der Waals surface area contributed by atoms with E-state index in [1.807, 2.05) is 17.9 Å². The Bertz CT molecular complexity index is 428. The lowest BCUT2D eigenvalue weighted by Crippen LogP contribution is -2.49. The molecule has 1 aromatic rings. The van der Waals surface area contributed by atoms with Crippen molar-refractivity contribution in [3.05, 3.63) is 18.0 Å². The van der Waals surface area contributed by atoms with Gasteiger partial charge in [-0.3, -0.25) is 14.4 Å². The van der Waals surface area contributed by atoms with Crippen LogP contribution in [0.1, 0.15) is 24.8 Å². The number of nitrogens with one attached hydrogen (secondary N) is 1. The van der Waals surface area contributed by atoms with Crippen molar-refractivity contribution < 1.29 is 4.79 Å². The minimum absolute atomic E-state index is 0.217. The van der Waals surface area contributed by atoms with Gasteiger partial charge in [0, 0.05) is 50.4 Å². The van der Waals surface area contributed by atoms with E-state index >= 15 is 0 Å². The van der Waals surface area contributed by atoms with Gasteiger partial charge in [-0.05, 0) is 12.8 Å². The van der Waals surface area contributed by atoms with Crippen molar-refractivity contribution in [3.63, 3.8) is 0 Å². The number of carbonyl (C=O) groups excluding carboxylic acids is 1. The Morgan fingerprint density at radius 2 is 2.41 bits per heavy atom. The van der Waals surface area contributed by atoms with E-state index in [1.54, 1.807) is 0 Å². The number of piperidine rings is 1. The Labute approximate surface area is 101 Å². The zero-order valence-electron chi connectivity index (χ0n) is 10.1. The molecule has 0 unspecified atom stereocenters. The zero-order valence-corrected chi connectivity index (χ0v) is 10.1. The molecule has 0 saturated carbocycles. The molecule has 17 heavy (non-hydrogen) atoms. The van der Waals surface area contributed by atoms with Gasteiger partial charge in [0.05, 0.1) is 6.20 Å². The van der Waals surface area contributed by atoms with Crippen molar-refractivity contribution >= 4 is 5.91 Å². The first-order chi connectivity index (χ1) is 8.22. The minimum Gasteiger partial charge on any atom is -0.352 e. The van der Waals surface area contributed by atoms with Gasteiger partial charge in [0.15, 0.2) is 0 Å². The molecule has 2 saturated heterocycles. The molecule has 92 valence electrons. The van der Waals surface area contributed by atoms with Gasteiger partial charge in [0.2, 0.25) is 5.91 Å². The van der Waals surface area contributed by atoms with Gasteiger partial charge in [0.25, 0.3) is 0 Å². The normalized spacial score (nSPS) is 29.1. The number of aromatic nitrogens is 2. The second-order valence-electron chi connectivity index (χ2n) is 5.06. The first-order valence-corrected chi connectivity index (χ1v) is 6.23. The Hall–Kier alpha value is -1.36. The molecule has 0 bridgehead atoms. The molecule has 5 nitrogen and oxygen atoms in total. The largest absolute Gasteiger partial charge is 0.352 e. The maximum atomic E-state index is 11.3. The van der Waals surface area contributed by atoms with E-state index in [9.17, 15) is 4.79 Å². The average molecular weight is 234 g/mol. The Morgan fingerprint density at radius 1 is 1.53 bits per heavy atom. The smallest absolute Gasteiger partial charge is 0.220 e. The SMILES string of the molecule is Cn1cc(CN2CC[C@@H]3NC(=O)CC[C@H]32)cn1. The lowest BCUT2D eigenvalue weighted by Gasteiger charge is -2.31. The van der Waals surface area contributed by atoms with Gasteiger partial charge >= 0.3 is 0 Å². The highest BCUT2D eigenvalue weighted by Crippen LogP contribution is 2.26. The van der Waals surface area contributed by atoms with Gasteiger partial charge in [0.1, 0.15) is 0 Å². The number of rotatable bonds is 2. The van der Waals surface area contributed by atoms with E-state index in [2.05, 4.69) is 21.5 Å². The minimum atomic E-state index is 0.217. The quantitative estimate of drug-likeness (QED) is 0.799. The highest BCUT2D eigenvalue weighted by atomic mass is 16.1. The molecule has 1 amide bonds. The van der Waals surface area contributed by atoms with Crippen LogP contribution in [0, 0.1) is 0 Å². The summed E-state index contributed by atoms with van der Waals surface area (Å²) < 4.78 is 1.84. The van der Waals surface area contributed by atoms with Crippen LogP contribution < -0.4 is 5.32 Å². The number of carbonyl (C=O) groups is 1. The van der Waals surface area contributed by atoms with Crippen LogP contribution in [0.4, 0.5) is 0 Å². The lowest BCUT2D eigenvalue weighted by atomic mass is 9.99. The first kappa shape index (κ1) is 10.8. The summed E-state index contributed by atoms with van der Waals surface area (Å²) in [6.07, 6.45) is 6.74. The summed E-state index contributed by atoms with van der Waals surface area (Å²) in [4.78, 5) is 13.8. The fourth-order valence-corrected chi connectivity index (χ4v) is 3.01. The van der Waals surface area contributed by atoms with E-state index in [1.165, 1.54) is 5.56 Å². The van der Waals surface area contributed by atoms with Crippen LogP contribution in [0.5, 0.6) is 0 Å². The van der Waals surface area contributed by atoms with Crippen LogP contribution in [-0.4, -0.2) is 39.2 Å². The van der Waals surface area contributed by atoms with Gasteiger partial charge < -0.3 is 5.32 Å². The zero-order chi connectivity index (χ0) is 11.8. The molecule has 2 fully saturated rings. The van der Waals surface area contributed by atoms with Crippen LogP contribution in [0.2, 0.25) is 0 Å². The average Bonchev–Trinajstić information content (AvgIpc) is 2.86. The molecule has 2 atom stereocenters. The summed E-state index contributed by atoms with van der Waals surface area (Å²) in [5, 5.41) is 7.29. The summed E-state index contributed by atoms with van der Waals surface area (Å²) in [5.74, 6) is 0.217. The standard InChI is InChI=1S/C12H18N4O/c1-15-7-9(6-13-15)8-16-5-4-10-11(16)2-3-12(17)14-10/h6-7,10-11H,2-5,8H2,1H3,(H,14,17)/t10-,11+/m0/s1. The predicted molar refractivity (Wildman–Crippen MR) is 63.2 cm³/mol. The summed E-state index contributed by atoms with van der Waals surface area (Å²) in [6, 6.07) is 0.890. The van der Waals surface area contributed by atoms with Crippen molar-refractivity contribution in [1.29, 1.82) is 0 Å². The molecular formula is C12H18N4O. The van der Waals surface area contributed by atoms with Crippen molar-refractivity contribution in [2.45, 2.75) is 37.9 Å². The van der Waals surface area contributed by atoms with Gasteiger partial charge in [-0.2, -0.15) is 5.10 Å². The van der Waals surface area contributed by atoms with Crippen molar-refractivity contribution in [3.8, 4) is 0 Å². The number of hydrogen-bond donors (Lipinski definition) is 1. The van der Waals surface area contributed by atoms with E-state index in [-0.39, 0.29) is 5.91 Å². The molecular weight excluding hydrogens is 216 g/mol. The van der Waals surface area contributed by atoms with E-state index in [4.69, 9.17) is 0 Å². The summed E-state index contributed by atoms with van der Waals surface area (Å²) in [5.41, 5.74) is 1.25. The summed E-state index contributed by atoms with van der Waals surface area (Å²) in [7, 11) is 1.94. The molecule has 0 aromatic carbocycles. The molecule has 3 rings (SSSR count). The van der Waals surface area contributed by atoms with E-state index in [0.717, 1.165) is 25.9 Å². The maximum Gasteiger partial charge on any atom is 0.220 e. The molecule has 1 aromatic heterocycles.